The van der Waals surface area contributed by atoms with Crippen LogP contribution in [0.15, 0.2) is 16.3 Å². The van der Waals surface area contributed by atoms with E-state index in [1.807, 2.05) is 27.9 Å². The van der Waals surface area contributed by atoms with Gasteiger partial charge in [0.25, 0.3) is 0 Å². The van der Waals surface area contributed by atoms with Crippen LogP contribution in [-0.2, 0) is 0 Å². The van der Waals surface area contributed by atoms with Gasteiger partial charge in [-0.1, -0.05) is 0 Å². The van der Waals surface area contributed by atoms with Crippen molar-refractivity contribution >= 4 is 5.71 Å². The zero-order chi connectivity index (χ0) is 8.15. The smallest absolute Gasteiger partial charge is 0.0360 e. The molecule has 0 radical (unpaired) electrons. The molecule has 0 aromatic rings. The van der Waals surface area contributed by atoms with E-state index in [1.165, 1.54) is 11.3 Å². The molecular weight excluding hydrogens is 124 g/mol. The minimum atomic E-state index is 1.09. The highest BCUT2D eigenvalue weighted by Crippen LogP contribution is 2.01. The van der Waals surface area contributed by atoms with Crippen molar-refractivity contribution in [3.8, 4) is 0 Å². The summed E-state index contributed by atoms with van der Waals surface area (Å²) in [4.78, 5) is 4.08. The van der Waals surface area contributed by atoms with Gasteiger partial charge in [0.2, 0.25) is 0 Å². The average molecular weight is 140 g/mol. The van der Waals surface area contributed by atoms with E-state index in [1.54, 1.807) is 0 Å². The number of nitrogens with zero attached hydrogens (tertiary/aromatic N) is 1. The number of allylic oxidation sites excluding steroid dienone is 2. The van der Waals surface area contributed by atoms with Crippen LogP contribution in [-0.4, -0.2) is 19.8 Å². The van der Waals surface area contributed by atoms with Crippen LogP contribution >= 0.6 is 0 Å². The van der Waals surface area contributed by atoms with Gasteiger partial charge in [-0.3, -0.25) is 4.99 Å². The highest BCUT2D eigenvalue weighted by Gasteiger charge is 1.96. The van der Waals surface area contributed by atoms with Crippen LogP contribution in [0.1, 0.15) is 20.8 Å². The van der Waals surface area contributed by atoms with E-state index in [9.17, 15) is 0 Å². The SMILES string of the molecule is CN=C(C)/C(C)=C(\C)NC. The fraction of sp³-hybridized carbons (Fsp3) is 0.625. The van der Waals surface area contributed by atoms with Gasteiger partial charge in [-0.05, 0) is 26.3 Å². The van der Waals surface area contributed by atoms with Crippen LogP contribution in [0.2, 0.25) is 0 Å². The van der Waals surface area contributed by atoms with Crippen molar-refractivity contribution in [2.24, 2.45) is 4.99 Å². The van der Waals surface area contributed by atoms with E-state index in [4.69, 9.17) is 0 Å². The first-order valence-electron chi connectivity index (χ1n) is 3.42. The zero-order valence-corrected chi connectivity index (χ0v) is 7.45. The van der Waals surface area contributed by atoms with Crippen LogP contribution in [0.5, 0.6) is 0 Å². The molecule has 0 heterocycles. The summed E-state index contributed by atoms with van der Waals surface area (Å²) in [5, 5.41) is 3.08. The van der Waals surface area contributed by atoms with Crippen molar-refractivity contribution < 1.29 is 0 Å². The largest absolute Gasteiger partial charge is 0.391 e. The van der Waals surface area contributed by atoms with Crippen molar-refractivity contribution in [3.05, 3.63) is 11.3 Å². The summed E-state index contributed by atoms with van der Waals surface area (Å²) in [5.74, 6) is 0. The highest BCUT2D eigenvalue weighted by atomic mass is 14.8. The lowest BCUT2D eigenvalue weighted by molar-refractivity contribution is 0.972. The molecule has 0 rings (SSSR count). The minimum Gasteiger partial charge on any atom is -0.391 e. The molecule has 0 fully saturated rings. The second-order valence-corrected chi connectivity index (χ2v) is 2.31. The predicted molar refractivity (Wildman–Crippen MR) is 46.5 cm³/mol. The van der Waals surface area contributed by atoms with Gasteiger partial charge < -0.3 is 5.32 Å². The van der Waals surface area contributed by atoms with Gasteiger partial charge in [-0.15, -0.1) is 0 Å². The molecule has 2 heteroatoms. The van der Waals surface area contributed by atoms with Crippen LogP contribution in [0.3, 0.4) is 0 Å². The maximum atomic E-state index is 4.08. The molecule has 0 aromatic carbocycles. The summed E-state index contributed by atoms with van der Waals surface area (Å²) >= 11 is 0. The number of nitrogens with one attached hydrogen (secondary N) is 1. The Hall–Kier alpha value is -0.790. The standard InChI is InChI=1S/C8H16N2/c1-6(7(2)9-4)8(3)10-5/h9H,1-5H3/b7-6+,10-8?. The molecule has 0 spiro atoms. The molecule has 0 saturated carbocycles. The van der Waals surface area contributed by atoms with E-state index in [0.29, 0.717) is 0 Å². The Bertz CT molecular complexity index is 166. The Morgan fingerprint density at radius 2 is 1.70 bits per heavy atom. The van der Waals surface area contributed by atoms with E-state index in [0.717, 1.165) is 5.71 Å². The molecular formula is C8H16N2. The molecule has 0 aromatic heterocycles. The van der Waals surface area contributed by atoms with Crippen molar-refractivity contribution in [2.45, 2.75) is 20.8 Å². The third kappa shape index (κ3) is 2.21. The predicted octanol–water partition coefficient (Wildman–Crippen LogP) is 1.59. The summed E-state index contributed by atoms with van der Waals surface area (Å²) in [6.45, 7) is 6.12. The van der Waals surface area contributed by atoms with Crippen LogP contribution in [0.4, 0.5) is 0 Å². The van der Waals surface area contributed by atoms with Crippen molar-refractivity contribution in [1.82, 2.24) is 5.32 Å². The molecule has 58 valence electrons. The maximum Gasteiger partial charge on any atom is 0.0360 e. The molecule has 0 aliphatic rings. The normalized spacial score (nSPS) is 14.7. The van der Waals surface area contributed by atoms with Crippen molar-refractivity contribution in [1.29, 1.82) is 0 Å². The Labute approximate surface area is 63.0 Å². The van der Waals surface area contributed by atoms with E-state index in [-0.39, 0.29) is 0 Å². The Balaban J connectivity index is 4.46. The topological polar surface area (TPSA) is 24.4 Å². The molecule has 0 aliphatic carbocycles. The Morgan fingerprint density at radius 3 is 2.00 bits per heavy atom. The second kappa shape index (κ2) is 4.09. The molecule has 0 saturated heterocycles. The van der Waals surface area contributed by atoms with E-state index >= 15 is 0 Å². The van der Waals surface area contributed by atoms with E-state index in [2.05, 4.69) is 17.2 Å². The summed E-state index contributed by atoms with van der Waals surface area (Å²) in [6.07, 6.45) is 0. The van der Waals surface area contributed by atoms with Gasteiger partial charge in [0.1, 0.15) is 0 Å². The van der Waals surface area contributed by atoms with Gasteiger partial charge in [-0.25, -0.2) is 0 Å². The zero-order valence-electron chi connectivity index (χ0n) is 7.45. The summed E-state index contributed by atoms with van der Waals surface area (Å²) in [6, 6.07) is 0. The Kier molecular flexibility index (Phi) is 3.77. The lowest BCUT2D eigenvalue weighted by Gasteiger charge is -2.05. The summed E-state index contributed by atoms with van der Waals surface area (Å²) < 4.78 is 0. The number of hydrogen-bond acceptors (Lipinski definition) is 2. The lowest BCUT2D eigenvalue weighted by atomic mass is 10.1. The number of rotatable bonds is 2. The molecule has 0 atom stereocenters. The third-order valence-corrected chi connectivity index (χ3v) is 1.82. The molecule has 1 N–H and O–H groups in total. The molecule has 0 unspecified atom stereocenters. The average Bonchev–Trinajstić information content (AvgIpc) is 2.00. The minimum absolute atomic E-state index is 1.09. The first-order valence-corrected chi connectivity index (χ1v) is 3.42. The van der Waals surface area contributed by atoms with Crippen LogP contribution < -0.4 is 5.32 Å². The van der Waals surface area contributed by atoms with Gasteiger partial charge in [0.15, 0.2) is 0 Å². The third-order valence-electron chi connectivity index (χ3n) is 1.82. The lowest BCUT2D eigenvalue weighted by Crippen LogP contribution is -2.08. The summed E-state index contributed by atoms with van der Waals surface area (Å²) in [7, 11) is 3.73. The number of aliphatic imine (C=N–C) groups is 1. The molecule has 0 amide bonds. The highest BCUT2D eigenvalue weighted by molar-refractivity contribution is 5.98. The number of hydrogen-bond donors (Lipinski definition) is 1. The van der Waals surface area contributed by atoms with Gasteiger partial charge in [-0.2, -0.15) is 0 Å². The van der Waals surface area contributed by atoms with Crippen molar-refractivity contribution in [2.75, 3.05) is 14.1 Å². The fourth-order valence-corrected chi connectivity index (χ4v) is 0.627. The molecule has 0 aliphatic heterocycles. The first-order chi connectivity index (χ1) is 4.63. The van der Waals surface area contributed by atoms with Crippen molar-refractivity contribution in [3.63, 3.8) is 0 Å². The molecule has 10 heavy (non-hydrogen) atoms. The van der Waals surface area contributed by atoms with Gasteiger partial charge >= 0.3 is 0 Å². The van der Waals surface area contributed by atoms with Gasteiger partial charge in [0, 0.05) is 25.5 Å². The molecule has 0 bridgehead atoms. The second-order valence-electron chi connectivity index (χ2n) is 2.31. The quantitative estimate of drug-likeness (QED) is 0.579. The summed E-state index contributed by atoms with van der Waals surface area (Å²) in [5.41, 5.74) is 3.50. The Morgan fingerprint density at radius 1 is 1.20 bits per heavy atom. The fourth-order valence-electron chi connectivity index (χ4n) is 0.627. The maximum absolute atomic E-state index is 4.08. The van der Waals surface area contributed by atoms with E-state index < -0.39 is 0 Å². The monoisotopic (exact) mass is 140 g/mol. The van der Waals surface area contributed by atoms with Crippen LogP contribution in [0, 0.1) is 0 Å². The van der Waals surface area contributed by atoms with Gasteiger partial charge in [0.05, 0.1) is 0 Å². The first kappa shape index (κ1) is 9.21. The molecule has 2 nitrogen and oxygen atoms in total. The van der Waals surface area contributed by atoms with Crippen LogP contribution in [0.25, 0.3) is 0 Å².